The number of nitrogens with zero attached hydrogens (tertiary/aromatic N) is 1. The summed E-state index contributed by atoms with van der Waals surface area (Å²) in [4.78, 5) is 15.1. The summed E-state index contributed by atoms with van der Waals surface area (Å²) in [6.45, 7) is 8.81. The lowest BCUT2D eigenvalue weighted by atomic mass is 10.1. The molecule has 31 heavy (non-hydrogen) atoms. The van der Waals surface area contributed by atoms with E-state index in [1.807, 2.05) is 17.0 Å². The van der Waals surface area contributed by atoms with Gasteiger partial charge in [-0.25, -0.2) is 4.39 Å². The Morgan fingerprint density at radius 2 is 1.74 bits per heavy atom. The van der Waals surface area contributed by atoms with Crippen LogP contribution in [-0.2, 0) is 6.54 Å². The summed E-state index contributed by atoms with van der Waals surface area (Å²) in [7, 11) is 0. The topological polar surface area (TPSA) is 42.7 Å². The number of halogens is 1. The van der Waals surface area contributed by atoms with Crippen LogP contribution in [0.1, 0.15) is 5.56 Å². The molecular weight excluding hydrogens is 393 g/mol. The molecule has 0 aliphatic rings. The summed E-state index contributed by atoms with van der Waals surface area (Å²) in [6, 6.07) is 17.0. The Hall–Kier alpha value is -3.86. The van der Waals surface area contributed by atoms with Crippen LogP contribution in [0.15, 0.2) is 95.2 Å². The van der Waals surface area contributed by atoms with E-state index in [1.165, 1.54) is 12.1 Å². The molecule has 4 nitrogen and oxygen atoms in total. The fraction of sp³-hybridized carbons (Fsp3) is 0.115. The lowest BCUT2D eigenvalue weighted by Gasteiger charge is -2.26. The first kappa shape index (κ1) is 20.4. The molecule has 0 spiro atoms. The van der Waals surface area contributed by atoms with Crippen LogP contribution in [0, 0.1) is 5.82 Å². The van der Waals surface area contributed by atoms with Gasteiger partial charge < -0.3 is 14.1 Å². The van der Waals surface area contributed by atoms with Crippen molar-refractivity contribution >= 4 is 27.6 Å². The normalized spacial score (nSPS) is 10.9. The highest BCUT2D eigenvalue weighted by Gasteiger charge is 2.21. The second-order valence-corrected chi connectivity index (χ2v) is 7.11. The van der Waals surface area contributed by atoms with Crippen molar-refractivity contribution < 1.29 is 13.5 Å². The summed E-state index contributed by atoms with van der Waals surface area (Å²) in [5.41, 5.74) is 2.38. The van der Waals surface area contributed by atoms with Crippen molar-refractivity contribution in [3.8, 4) is 5.75 Å². The molecule has 0 amide bonds. The highest BCUT2D eigenvalue weighted by atomic mass is 19.1. The van der Waals surface area contributed by atoms with Gasteiger partial charge in [0.1, 0.15) is 29.4 Å². The molecule has 1 heterocycles. The number of fused-ring (bicyclic) bond motifs is 2. The molecule has 0 atom stereocenters. The molecule has 5 heteroatoms. The molecule has 0 radical (unpaired) electrons. The van der Waals surface area contributed by atoms with Crippen molar-refractivity contribution in [3.63, 3.8) is 0 Å². The van der Waals surface area contributed by atoms with Gasteiger partial charge >= 0.3 is 0 Å². The summed E-state index contributed by atoms with van der Waals surface area (Å²) in [5, 5.41) is 0.988. The quantitative estimate of drug-likeness (QED) is 0.268. The monoisotopic (exact) mass is 415 g/mol. The van der Waals surface area contributed by atoms with Crippen molar-refractivity contribution in [2.45, 2.75) is 6.54 Å². The molecule has 3 aromatic carbocycles. The molecule has 0 fully saturated rings. The predicted molar refractivity (Wildman–Crippen MR) is 123 cm³/mol. The number of anilines is 1. The van der Waals surface area contributed by atoms with Gasteiger partial charge in [-0.1, -0.05) is 43.0 Å². The van der Waals surface area contributed by atoms with Crippen molar-refractivity contribution in [2.75, 3.05) is 18.1 Å². The average molecular weight is 415 g/mol. The highest BCUT2D eigenvalue weighted by molar-refractivity contribution is 5.98. The van der Waals surface area contributed by atoms with E-state index >= 15 is 0 Å². The molecule has 0 N–H and O–H groups in total. The van der Waals surface area contributed by atoms with Crippen LogP contribution in [0.25, 0.3) is 21.9 Å². The maximum atomic E-state index is 13.4. The van der Waals surface area contributed by atoms with Gasteiger partial charge in [0.15, 0.2) is 5.58 Å². The van der Waals surface area contributed by atoms with E-state index in [9.17, 15) is 9.18 Å². The highest BCUT2D eigenvalue weighted by Crippen LogP contribution is 2.38. The van der Waals surface area contributed by atoms with Gasteiger partial charge in [-0.2, -0.15) is 0 Å². The van der Waals surface area contributed by atoms with E-state index < -0.39 is 0 Å². The van der Waals surface area contributed by atoms with Crippen LogP contribution in [0.3, 0.4) is 0 Å². The Balaban J connectivity index is 1.95. The zero-order valence-electron chi connectivity index (χ0n) is 17.0. The number of hydrogen-bond acceptors (Lipinski definition) is 4. The smallest absolute Gasteiger partial charge is 0.200 e. The van der Waals surface area contributed by atoms with Crippen LogP contribution < -0.4 is 15.1 Å². The van der Waals surface area contributed by atoms with Crippen molar-refractivity contribution in [3.05, 3.63) is 108 Å². The molecule has 0 saturated heterocycles. The molecule has 0 bridgehead atoms. The zero-order valence-corrected chi connectivity index (χ0v) is 17.0. The summed E-state index contributed by atoms with van der Waals surface area (Å²) in [6.07, 6.45) is 3.42. The van der Waals surface area contributed by atoms with Gasteiger partial charge in [0.2, 0.25) is 5.43 Å². The van der Waals surface area contributed by atoms with Crippen LogP contribution in [0.2, 0.25) is 0 Å². The van der Waals surface area contributed by atoms with E-state index in [1.54, 1.807) is 48.6 Å². The second kappa shape index (κ2) is 8.88. The van der Waals surface area contributed by atoms with Crippen LogP contribution in [0.4, 0.5) is 10.1 Å². The SMILES string of the molecule is C=CCOc1ccc2c(=O)c3ccccc3oc2c1N(CC=C)Cc1ccc(F)cc1. The molecule has 1 aromatic heterocycles. The molecule has 156 valence electrons. The van der Waals surface area contributed by atoms with Gasteiger partial charge in [-0.15, -0.1) is 6.58 Å². The first-order chi connectivity index (χ1) is 15.1. The zero-order chi connectivity index (χ0) is 21.8. The number of ether oxygens (including phenoxy) is 1. The molecular formula is C26H22FNO3. The molecule has 0 aliphatic heterocycles. The number of benzene rings is 3. The summed E-state index contributed by atoms with van der Waals surface area (Å²) < 4.78 is 25.5. The molecule has 4 rings (SSSR count). The van der Waals surface area contributed by atoms with Crippen LogP contribution in [0.5, 0.6) is 5.75 Å². The third-order valence-corrected chi connectivity index (χ3v) is 4.99. The van der Waals surface area contributed by atoms with Crippen molar-refractivity contribution in [1.82, 2.24) is 0 Å². The predicted octanol–water partition coefficient (Wildman–Crippen LogP) is 5.84. The fourth-order valence-corrected chi connectivity index (χ4v) is 3.60. The Labute approximate surface area is 179 Å². The molecule has 0 aliphatic carbocycles. The summed E-state index contributed by atoms with van der Waals surface area (Å²) >= 11 is 0. The van der Waals surface area contributed by atoms with Crippen molar-refractivity contribution in [1.29, 1.82) is 0 Å². The Bertz CT molecular complexity index is 1310. The van der Waals surface area contributed by atoms with E-state index in [4.69, 9.17) is 9.15 Å². The second-order valence-electron chi connectivity index (χ2n) is 7.11. The van der Waals surface area contributed by atoms with Gasteiger partial charge in [-0.05, 0) is 42.0 Å². The third-order valence-electron chi connectivity index (χ3n) is 4.99. The first-order valence-corrected chi connectivity index (χ1v) is 9.95. The van der Waals surface area contributed by atoms with E-state index in [2.05, 4.69) is 13.2 Å². The van der Waals surface area contributed by atoms with E-state index in [-0.39, 0.29) is 11.2 Å². The van der Waals surface area contributed by atoms with E-state index in [0.29, 0.717) is 53.1 Å². The van der Waals surface area contributed by atoms with Gasteiger partial charge in [-0.3, -0.25) is 4.79 Å². The Morgan fingerprint density at radius 1 is 0.968 bits per heavy atom. The van der Waals surface area contributed by atoms with E-state index in [0.717, 1.165) is 5.56 Å². The largest absolute Gasteiger partial charge is 0.487 e. The molecule has 0 saturated carbocycles. The number of rotatable bonds is 8. The van der Waals surface area contributed by atoms with Gasteiger partial charge in [0.25, 0.3) is 0 Å². The Kier molecular flexibility index (Phi) is 5.85. The molecule has 4 aromatic rings. The standard InChI is InChI=1S/C26H22FNO3/c1-3-15-28(17-18-9-11-19(27)12-10-18)24-23(30-16-4-2)14-13-21-25(29)20-7-5-6-8-22(20)31-26(21)24/h3-14H,1-2,15-17H2. The maximum Gasteiger partial charge on any atom is 0.200 e. The number of hydrogen-bond donors (Lipinski definition) is 0. The molecule has 0 unspecified atom stereocenters. The minimum atomic E-state index is -0.295. The first-order valence-electron chi connectivity index (χ1n) is 9.95. The number of para-hydroxylation sites is 1. The fourth-order valence-electron chi connectivity index (χ4n) is 3.60. The van der Waals surface area contributed by atoms with Crippen molar-refractivity contribution in [2.24, 2.45) is 0 Å². The minimum Gasteiger partial charge on any atom is -0.487 e. The van der Waals surface area contributed by atoms with Gasteiger partial charge in [0, 0.05) is 13.1 Å². The third kappa shape index (κ3) is 4.08. The van der Waals surface area contributed by atoms with Crippen LogP contribution in [-0.4, -0.2) is 13.2 Å². The lowest BCUT2D eigenvalue weighted by molar-refractivity contribution is 0.363. The minimum absolute atomic E-state index is 0.103. The van der Waals surface area contributed by atoms with Crippen LogP contribution >= 0.6 is 0 Å². The van der Waals surface area contributed by atoms with Gasteiger partial charge in [0.05, 0.1) is 10.8 Å². The maximum absolute atomic E-state index is 13.4. The Morgan fingerprint density at radius 3 is 2.48 bits per heavy atom. The lowest BCUT2D eigenvalue weighted by Crippen LogP contribution is -2.24. The summed E-state index contributed by atoms with van der Waals surface area (Å²) in [5.74, 6) is 0.270. The average Bonchev–Trinajstić information content (AvgIpc) is 2.78.